The predicted molar refractivity (Wildman–Crippen MR) is 101 cm³/mol. The van der Waals surface area contributed by atoms with Gasteiger partial charge in [-0.2, -0.15) is 0 Å². The number of ketones is 1. The van der Waals surface area contributed by atoms with E-state index in [9.17, 15) is 24.9 Å². The minimum absolute atomic E-state index is 0.0779. The third kappa shape index (κ3) is 2.14. The number of hydrogen-bond donors (Lipinski definition) is 3. The number of esters is 1. The molecule has 4 aliphatic carbocycles. The highest BCUT2D eigenvalue weighted by atomic mass is 16.6. The van der Waals surface area contributed by atoms with Gasteiger partial charge in [-0.25, -0.2) is 0 Å². The quantitative estimate of drug-likeness (QED) is 0.617. The van der Waals surface area contributed by atoms with Gasteiger partial charge in [0.05, 0.1) is 5.60 Å². The van der Waals surface area contributed by atoms with Gasteiger partial charge in [0.15, 0.2) is 5.78 Å². The lowest BCUT2D eigenvalue weighted by Crippen LogP contribution is -2.61. The molecular formula is C22H32O6. The minimum Gasteiger partial charge on any atom is -0.458 e. The first-order valence-corrected chi connectivity index (χ1v) is 10.3. The lowest BCUT2D eigenvalue weighted by atomic mass is 9.59. The summed E-state index contributed by atoms with van der Waals surface area (Å²) in [5.41, 5.74) is -3.47. The minimum atomic E-state index is -1.68. The van der Waals surface area contributed by atoms with Gasteiger partial charge in [-0.05, 0) is 49.5 Å². The summed E-state index contributed by atoms with van der Waals surface area (Å²) in [6, 6.07) is 0. The molecule has 6 heteroatoms. The number of fused-ring (bicyclic) bond motifs is 5. The van der Waals surface area contributed by atoms with Gasteiger partial charge >= 0.3 is 5.97 Å². The zero-order valence-electron chi connectivity index (χ0n) is 17.4. The maximum Gasteiger partial charge on any atom is 0.303 e. The molecule has 4 rings (SSSR count). The maximum absolute atomic E-state index is 12.8. The first-order valence-electron chi connectivity index (χ1n) is 10.3. The number of ether oxygens (including phenoxy) is 1. The highest BCUT2D eigenvalue weighted by molar-refractivity contribution is 6.04. The van der Waals surface area contributed by atoms with Crippen LogP contribution in [0, 0.1) is 35.0 Å². The number of rotatable bonds is 2. The second kappa shape index (κ2) is 5.67. The molecule has 0 amide bonds. The van der Waals surface area contributed by atoms with Crippen molar-refractivity contribution in [3.05, 3.63) is 11.6 Å². The molecule has 0 aliphatic heterocycles. The van der Waals surface area contributed by atoms with Crippen LogP contribution < -0.4 is 0 Å². The first-order chi connectivity index (χ1) is 12.9. The van der Waals surface area contributed by atoms with E-state index in [1.165, 1.54) is 6.92 Å². The summed E-state index contributed by atoms with van der Waals surface area (Å²) in [5, 5.41) is 33.5. The van der Waals surface area contributed by atoms with E-state index >= 15 is 0 Å². The van der Waals surface area contributed by atoms with Gasteiger partial charge in [0, 0.05) is 30.8 Å². The van der Waals surface area contributed by atoms with E-state index in [4.69, 9.17) is 4.74 Å². The molecule has 156 valence electrons. The molecule has 1 unspecified atom stereocenters. The van der Waals surface area contributed by atoms with E-state index in [2.05, 4.69) is 13.8 Å². The molecule has 0 spiro atoms. The molecule has 0 saturated heterocycles. The van der Waals surface area contributed by atoms with Crippen molar-refractivity contribution in [1.82, 2.24) is 0 Å². The fraction of sp³-hybridized carbons (Fsp3) is 0.818. The Hall–Kier alpha value is -1.24. The molecule has 0 bridgehead atoms. The van der Waals surface area contributed by atoms with Crippen LogP contribution in [0.15, 0.2) is 11.6 Å². The van der Waals surface area contributed by atoms with Gasteiger partial charge in [-0.1, -0.05) is 26.8 Å². The van der Waals surface area contributed by atoms with Crippen LogP contribution in [0.25, 0.3) is 0 Å². The summed E-state index contributed by atoms with van der Waals surface area (Å²) in [5.74, 6) is -2.32. The Balaban J connectivity index is 1.86. The zero-order chi connectivity index (χ0) is 20.9. The number of Topliss-reactive ketones (excluding diaryl/α,β-unsaturated/α-hetero) is 1. The van der Waals surface area contributed by atoms with Gasteiger partial charge in [-0.3, -0.25) is 9.59 Å². The van der Waals surface area contributed by atoms with Crippen LogP contribution in [0.2, 0.25) is 0 Å². The molecule has 0 aromatic rings. The summed E-state index contributed by atoms with van der Waals surface area (Å²) in [6.45, 7) is 8.98. The van der Waals surface area contributed by atoms with Gasteiger partial charge in [-0.15, -0.1) is 0 Å². The summed E-state index contributed by atoms with van der Waals surface area (Å²) in [6.07, 6.45) is 2.86. The lowest BCUT2D eigenvalue weighted by molar-refractivity contribution is -0.190. The van der Waals surface area contributed by atoms with Gasteiger partial charge < -0.3 is 20.1 Å². The fourth-order valence-corrected chi connectivity index (χ4v) is 7.38. The van der Waals surface area contributed by atoms with E-state index in [0.29, 0.717) is 18.4 Å². The van der Waals surface area contributed by atoms with Crippen LogP contribution in [-0.2, 0) is 14.3 Å². The normalized spacial score (nSPS) is 51.4. The second-order valence-corrected chi connectivity index (χ2v) is 10.4. The number of carbonyl (C=O) groups excluding carboxylic acids is 2. The average molecular weight is 392 g/mol. The van der Waals surface area contributed by atoms with Crippen molar-refractivity contribution in [3.63, 3.8) is 0 Å². The van der Waals surface area contributed by atoms with E-state index < -0.39 is 22.7 Å². The number of carbonyl (C=O) groups is 2. The Bertz CT molecular complexity index is 771. The molecule has 8 atom stereocenters. The molecule has 0 aromatic carbocycles. The maximum atomic E-state index is 12.8. The first kappa shape index (κ1) is 20.0. The summed E-state index contributed by atoms with van der Waals surface area (Å²) in [7, 11) is 0. The van der Waals surface area contributed by atoms with Crippen LogP contribution in [0.4, 0.5) is 0 Å². The van der Waals surface area contributed by atoms with Crippen molar-refractivity contribution in [1.29, 1.82) is 0 Å². The number of aliphatic hydroxyl groups is 3. The topological polar surface area (TPSA) is 104 Å². The fourth-order valence-electron chi connectivity index (χ4n) is 7.38. The Morgan fingerprint density at radius 3 is 2.50 bits per heavy atom. The van der Waals surface area contributed by atoms with Crippen molar-refractivity contribution < 1.29 is 29.6 Å². The predicted octanol–water partition coefficient (Wildman–Crippen LogP) is 1.61. The molecule has 3 N–H and O–H groups in total. The summed E-state index contributed by atoms with van der Waals surface area (Å²) < 4.78 is 5.86. The van der Waals surface area contributed by atoms with Crippen LogP contribution >= 0.6 is 0 Å². The monoisotopic (exact) mass is 392 g/mol. The van der Waals surface area contributed by atoms with Crippen molar-refractivity contribution >= 4 is 11.8 Å². The summed E-state index contributed by atoms with van der Waals surface area (Å²) >= 11 is 0. The van der Waals surface area contributed by atoms with Crippen molar-refractivity contribution in [2.75, 3.05) is 6.61 Å². The molecule has 0 heterocycles. The Morgan fingerprint density at radius 1 is 1.29 bits per heavy atom. The largest absolute Gasteiger partial charge is 0.458 e. The Kier molecular flexibility index (Phi) is 4.06. The van der Waals surface area contributed by atoms with Crippen molar-refractivity contribution in [2.24, 2.45) is 35.0 Å². The lowest BCUT2D eigenvalue weighted by Gasteiger charge is -2.51. The van der Waals surface area contributed by atoms with Crippen LogP contribution in [-0.4, -0.2) is 50.5 Å². The molecule has 4 aliphatic rings. The van der Waals surface area contributed by atoms with Crippen LogP contribution in [0.3, 0.4) is 0 Å². The Morgan fingerprint density at radius 2 is 1.93 bits per heavy atom. The van der Waals surface area contributed by atoms with E-state index in [0.717, 1.165) is 0 Å². The third-order valence-electron chi connectivity index (χ3n) is 8.63. The standard InChI is InChI=1S/C22H32O6/c1-11-6-16-20(26,18(11)25)9-14(10-23)7-15-17-19(4,5)21(17,28-13(3)24)8-12(2)22(15,16)27/h6,12,14-17,23,26-27H,7-10H2,1-5H3/t12-,14+,15?,16-,17-,20-,21+,22-/m1/s1. The van der Waals surface area contributed by atoms with Crippen molar-refractivity contribution in [2.45, 2.75) is 70.7 Å². The van der Waals surface area contributed by atoms with E-state index in [1.54, 1.807) is 13.0 Å². The average Bonchev–Trinajstić information content (AvgIpc) is 2.99. The molecular weight excluding hydrogens is 360 g/mol. The van der Waals surface area contributed by atoms with E-state index in [-0.39, 0.29) is 53.9 Å². The number of aliphatic hydroxyl groups excluding tert-OH is 1. The zero-order valence-corrected chi connectivity index (χ0v) is 17.4. The summed E-state index contributed by atoms with van der Waals surface area (Å²) in [4.78, 5) is 24.7. The number of hydrogen-bond acceptors (Lipinski definition) is 6. The highest BCUT2D eigenvalue weighted by Gasteiger charge is 2.83. The molecule has 28 heavy (non-hydrogen) atoms. The highest BCUT2D eigenvalue weighted by Crippen LogP contribution is 2.77. The van der Waals surface area contributed by atoms with Crippen LogP contribution in [0.1, 0.15) is 53.9 Å². The van der Waals surface area contributed by atoms with Gasteiger partial charge in [0.1, 0.15) is 11.2 Å². The Labute approximate surface area is 166 Å². The van der Waals surface area contributed by atoms with Crippen LogP contribution in [0.5, 0.6) is 0 Å². The SMILES string of the molecule is CC(=O)O[C@@]12C[C@@H](C)[C@@]3(O)C(C[C@H](CO)C[C@]4(O)C(=O)C(C)=C[C@@H]34)[C@@H]1C2(C)C. The van der Waals surface area contributed by atoms with Gasteiger partial charge in [0.2, 0.25) is 0 Å². The smallest absolute Gasteiger partial charge is 0.303 e. The third-order valence-corrected chi connectivity index (χ3v) is 8.63. The van der Waals surface area contributed by atoms with E-state index in [1.807, 2.05) is 6.92 Å². The molecule has 6 nitrogen and oxygen atoms in total. The molecule has 3 saturated carbocycles. The van der Waals surface area contributed by atoms with Crippen molar-refractivity contribution in [3.8, 4) is 0 Å². The van der Waals surface area contributed by atoms with Gasteiger partial charge in [0.25, 0.3) is 0 Å². The molecule has 0 radical (unpaired) electrons. The second-order valence-electron chi connectivity index (χ2n) is 10.4. The molecule has 0 aromatic heterocycles. The molecule has 3 fully saturated rings.